The molecule has 0 aromatic heterocycles. The molecule has 208 valence electrons. The molecule has 0 unspecified atom stereocenters. The van der Waals surface area contributed by atoms with E-state index in [0.717, 1.165) is 44.9 Å². The minimum Gasteiger partial charge on any atom is -0.507 e. The fourth-order valence-electron chi connectivity index (χ4n) is 7.82. The first-order valence-corrected chi connectivity index (χ1v) is 15.1. The molecule has 0 fully saturated rings. The summed E-state index contributed by atoms with van der Waals surface area (Å²) in [5, 5.41) is 13.6. The Morgan fingerprint density at radius 3 is 1.86 bits per heavy atom. The van der Waals surface area contributed by atoms with Gasteiger partial charge in [-0.15, -0.1) is 0 Å². The second kappa shape index (κ2) is 9.20. The van der Waals surface area contributed by atoms with Crippen LogP contribution >= 0.6 is 0 Å². The van der Waals surface area contributed by atoms with Crippen LogP contribution in [0, 0.1) is 6.92 Å². The van der Waals surface area contributed by atoms with Gasteiger partial charge in [0.05, 0.1) is 5.41 Å². The van der Waals surface area contributed by atoms with E-state index in [1.54, 1.807) is 0 Å². The van der Waals surface area contributed by atoms with Crippen molar-refractivity contribution in [1.82, 2.24) is 0 Å². The van der Waals surface area contributed by atoms with Crippen molar-refractivity contribution < 1.29 is 9.84 Å². The number of phenols is 1. The molecule has 1 heterocycles. The molecule has 2 heteroatoms. The summed E-state index contributed by atoms with van der Waals surface area (Å²) < 4.78 is 6.50. The van der Waals surface area contributed by atoms with Crippen molar-refractivity contribution in [2.75, 3.05) is 0 Å². The number of para-hydroxylation sites is 2. The Hall–Kier alpha value is -5.60. The molecule has 1 spiro atoms. The van der Waals surface area contributed by atoms with Gasteiger partial charge in [0, 0.05) is 16.7 Å². The molecule has 7 aromatic rings. The van der Waals surface area contributed by atoms with E-state index in [-0.39, 0.29) is 5.75 Å². The number of aromatic hydroxyl groups is 1. The maximum Gasteiger partial charge on any atom is 0.132 e. The fourth-order valence-corrected chi connectivity index (χ4v) is 7.82. The second-order valence-corrected chi connectivity index (χ2v) is 11.8. The molecule has 2 aliphatic rings. The topological polar surface area (TPSA) is 29.5 Å². The van der Waals surface area contributed by atoms with Crippen LogP contribution in [0.25, 0.3) is 44.2 Å². The molecule has 1 aliphatic carbocycles. The van der Waals surface area contributed by atoms with E-state index in [9.17, 15) is 5.11 Å². The highest BCUT2D eigenvalue weighted by molar-refractivity contribution is 6.02. The van der Waals surface area contributed by atoms with Gasteiger partial charge in [0.15, 0.2) is 0 Å². The third-order valence-electron chi connectivity index (χ3n) is 9.58. The molecule has 2 nitrogen and oxygen atoms in total. The zero-order valence-electron chi connectivity index (χ0n) is 24.2. The van der Waals surface area contributed by atoms with Gasteiger partial charge < -0.3 is 9.84 Å². The van der Waals surface area contributed by atoms with Crippen LogP contribution < -0.4 is 4.74 Å². The van der Waals surface area contributed by atoms with Gasteiger partial charge in [-0.05, 0) is 86.5 Å². The Morgan fingerprint density at radius 2 is 1.09 bits per heavy atom. The van der Waals surface area contributed by atoms with Crippen LogP contribution in [0.2, 0.25) is 0 Å². The van der Waals surface area contributed by atoms with E-state index in [0.29, 0.717) is 0 Å². The molecule has 0 bridgehead atoms. The monoisotopic (exact) mass is 564 g/mol. The smallest absolute Gasteiger partial charge is 0.132 e. The normalized spacial score (nSPS) is 13.6. The number of benzene rings is 7. The molecule has 0 saturated carbocycles. The summed E-state index contributed by atoms with van der Waals surface area (Å²) in [6, 6.07) is 51.1. The van der Waals surface area contributed by atoms with Crippen molar-refractivity contribution in [3.63, 3.8) is 0 Å². The lowest BCUT2D eigenvalue weighted by molar-refractivity contribution is 0.436. The highest BCUT2D eigenvalue weighted by Gasteiger charge is 2.51. The van der Waals surface area contributed by atoms with Crippen LogP contribution in [0.3, 0.4) is 0 Å². The molecule has 0 saturated heterocycles. The van der Waals surface area contributed by atoms with E-state index in [1.807, 2.05) is 24.3 Å². The number of aryl methyl sites for hydroxylation is 1. The zero-order chi connectivity index (χ0) is 29.4. The van der Waals surface area contributed by atoms with Crippen LogP contribution in [0.4, 0.5) is 0 Å². The number of phenolic OH excluding ortho intramolecular Hbond substituents is 1. The van der Waals surface area contributed by atoms with E-state index in [4.69, 9.17) is 4.74 Å². The SMILES string of the molecule is Cc1cccc2cccc(-c3cc(-c4cccc5c4-c4ccccc4C54c5ccccc5Oc5ccccc54)ccc3O)c12. The molecule has 0 amide bonds. The number of hydrogen-bond donors (Lipinski definition) is 1. The average molecular weight is 565 g/mol. The predicted molar refractivity (Wildman–Crippen MR) is 179 cm³/mol. The maximum atomic E-state index is 11.2. The molecule has 0 radical (unpaired) electrons. The standard InChI is InChI=1S/C42H28O2/c1-26-11-8-12-27-13-9-16-30(40(26)27)32-25-28(23-24-37(32)43)29-15-10-20-36-41(29)31-14-2-3-17-33(31)42(36)34-18-4-6-21-38(34)44-39-22-7-5-19-35(39)42/h2-25,43H,1H3. The Labute approximate surface area is 256 Å². The number of ether oxygens (including phenoxy) is 1. The summed E-state index contributed by atoms with van der Waals surface area (Å²) in [5.41, 5.74) is 12.0. The largest absolute Gasteiger partial charge is 0.507 e. The van der Waals surface area contributed by atoms with E-state index < -0.39 is 5.41 Å². The highest BCUT2D eigenvalue weighted by atomic mass is 16.5. The Balaban J connectivity index is 1.35. The molecule has 1 aliphatic heterocycles. The van der Waals surface area contributed by atoms with Crippen LogP contribution in [0.1, 0.15) is 27.8 Å². The first kappa shape index (κ1) is 24.9. The summed E-state index contributed by atoms with van der Waals surface area (Å²) >= 11 is 0. The summed E-state index contributed by atoms with van der Waals surface area (Å²) in [6.07, 6.45) is 0. The van der Waals surface area contributed by atoms with Gasteiger partial charge in [0.1, 0.15) is 17.2 Å². The first-order chi connectivity index (χ1) is 21.7. The van der Waals surface area contributed by atoms with Gasteiger partial charge in [-0.1, -0.05) is 121 Å². The minimum atomic E-state index is -0.514. The summed E-state index contributed by atoms with van der Waals surface area (Å²) in [5.74, 6) is 2.05. The molecule has 1 N–H and O–H groups in total. The predicted octanol–water partition coefficient (Wildman–Crippen LogP) is 10.7. The van der Waals surface area contributed by atoms with Gasteiger partial charge in [-0.3, -0.25) is 0 Å². The van der Waals surface area contributed by atoms with Gasteiger partial charge >= 0.3 is 0 Å². The van der Waals surface area contributed by atoms with E-state index in [2.05, 4.69) is 128 Å². The van der Waals surface area contributed by atoms with Crippen molar-refractivity contribution in [2.24, 2.45) is 0 Å². The zero-order valence-corrected chi connectivity index (χ0v) is 24.2. The van der Waals surface area contributed by atoms with Gasteiger partial charge in [0.25, 0.3) is 0 Å². The molecule has 9 rings (SSSR count). The van der Waals surface area contributed by atoms with E-state index >= 15 is 0 Å². The van der Waals surface area contributed by atoms with Crippen molar-refractivity contribution in [1.29, 1.82) is 0 Å². The first-order valence-electron chi connectivity index (χ1n) is 15.1. The lowest BCUT2D eigenvalue weighted by Gasteiger charge is -2.39. The van der Waals surface area contributed by atoms with Gasteiger partial charge in [-0.2, -0.15) is 0 Å². The minimum absolute atomic E-state index is 0.279. The fraction of sp³-hybridized carbons (Fsp3) is 0.0476. The highest BCUT2D eigenvalue weighted by Crippen LogP contribution is 2.63. The van der Waals surface area contributed by atoms with Crippen molar-refractivity contribution >= 4 is 10.8 Å². The third-order valence-corrected chi connectivity index (χ3v) is 9.58. The quantitative estimate of drug-likeness (QED) is 0.226. The van der Waals surface area contributed by atoms with Crippen molar-refractivity contribution in [3.8, 4) is 50.6 Å². The van der Waals surface area contributed by atoms with E-state index in [1.165, 1.54) is 38.6 Å². The molecule has 44 heavy (non-hydrogen) atoms. The summed E-state index contributed by atoms with van der Waals surface area (Å²) in [4.78, 5) is 0. The average Bonchev–Trinajstić information content (AvgIpc) is 3.36. The lowest BCUT2D eigenvalue weighted by atomic mass is 9.66. The number of fused-ring (bicyclic) bond motifs is 10. The van der Waals surface area contributed by atoms with Crippen molar-refractivity contribution in [3.05, 3.63) is 173 Å². The second-order valence-electron chi connectivity index (χ2n) is 11.8. The molecule has 0 atom stereocenters. The molecular weight excluding hydrogens is 536 g/mol. The Bertz CT molecular complexity index is 2240. The van der Waals surface area contributed by atoms with Crippen LogP contribution in [-0.2, 0) is 5.41 Å². The van der Waals surface area contributed by atoms with Crippen LogP contribution in [0.5, 0.6) is 17.2 Å². The van der Waals surface area contributed by atoms with Gasteiger partial charge in [-0.25, -0.2) is 0 Å². The third kappa shape index (κ3) is 3.25. The number of rotatable bonds is 2. The summed E-state index contributed by atoms with van der Waals surface area (Å²) in [7, 11) is 0. The lowest BCUT2D eigenvalue weighted by Crippen LogP contribution is -2.32. The summed E-state index contributed by atoms with van der Waals surface area (Å²) in [6.45, 7) is 2.14. The number of hydrogen-bond acceptors (Lipinski definition) is 2. The Morgan fingerprint density at radius 1 is 0.500 bits per heavy atom. The van der Waals surface area contributed by atoms with Gasteiger partial charge in [0.2, 0.25) is 0 Å². The Kier molecular flexibility index (Phi) is 5.22. The maximum absolute atomic E-state index is 11.2. The van der Waals surface area contributed by atoms with Crippen LogP contribution in [-0.4, -0.2) is 5.11 Å². The molecule has 7 aromatic carbocycles. The van der Waals surface area contributed by atoms with Crippen molar-refractivity contribution in [2.45, 2.75) is 12.3 Å². The van der Waals surface area contributed by atoms with Crippen LogP contribution in [0.15, 0.2) is 146 Å². The molecular formula is C42H28O2.